The fourth-order valence-corrected chi connectivity index (χ4v) is 3.39. The molecular weight excluding hydrogens is 456 g/mol. The Morgan fingerprint density at radius 2 is 1.62 bits per heavy atom. The van der Waals surface area contributed by atoms with E-state index in [4.69, 9.17) is 0 Å². The molecule has 0 bridgehead atoms. The van der Waals surface area contributed by atoms with Crippen molar-refractivity contribution in [3.05, 3.63) is 105 Å². The maximum absolute atomic E-state index is 13.2. The van der Waals surface area contributed by atoms with Gasteiger partial charge in [0.15, 0.2) is 5.52 Å². The molecule has 0 saturated heterocycles. The van der Waals surface area contributed by atoms with Gasteiger partial charge in [0.2, 0.25) is 5.91 Å². The first-order valence-electron chi connectivity index (χ1n) is 9.93. The van der Waals surface area contributed by atoms with Crippen molar-refractivity contribution in [3.63, 3.8) is 0 Å². The van der Waals surface area contributed by atoms with Crippen LogP contribution < -0.4 is 16.6 Å². The lowest BCUT2D eigenvalue weighted by molar-refractivity contribution is -0.137. The number of nitrogens with zero attached hydrogens (tertiary/aromatic N) is 3. The van der Waals surface area contributed by atoms with Crippen LogP contribution in [0.3, 0.4) is 0 Å². The molecule has 4 rings (SSSR count). The summed E-state index contributed by atoms with van der Waals surface area (Å²) in [5.74, 6) is -1.17. The van der Waals surface area contributed by atoms with Crippen molar-refractivity contribution in [1.29, 1.82) is 0 Å². The molecule has 0 unspecified atom stereocenters. The minimum atomic E-state index is -4.51. The Morgan fingerprint density at radius 3 is 2.26 bits per heavy atom. The van der Waals surface area contributed by atoms with Crippen LogP contribution in [-0.4, -0.2) is 20.0 Å². The number of hydrogen-bond acceptors (Lipinski definition) is 4. The Morgan fingerprint density at radius 1 is 0.941 bits per heavy atom. The molecule has 0 saturated carbocycles. The number of nitrogens with one attached hydrogen (secondary N) is 1. The SMILES string of the molecule is O=C(Cn1c(=O)n(Cc2ccc(F)cc2)c(=O)c2ncccc21)Nc1ccc(C(F)(F)F)cc1. The molecule has 174 valence electrons. The van der Waals surface area contributed by atoms with Gasteiger partial charge >= 0.3 is 11.9 Å². The predicted molar refractivity (Wildman–Crippen MR) is 116 cm³/mol. The van der Waals surface area contributed by atoms with E-state index in [1.165, 1.54) is 42.6 Å². The van der Waals surface area contributed by atoms with Gasteiger partial charge in [0.05, 0.1) is 17.6 Å². The summed E-state index contributed by atoms with van der Waals surface area (Å²) in [6.07, 6.45) is -3.15. The molecule has 0 aliphatic carbocycles. The van der Waals surface area contributed by atoms with E-state index >= 15 is 0 Å². The Bertz CT molecular complexity index is 1470. The molecule has 4 aromatic rings. The molecule has 0 aliphatic rings. The summed E-state index contributed by atoms with van der Waals surface area (Å²) in [5.41, 5.74) is -1.68. The average molecular weight is 472 g/mol. The second-order valence-electron chi connectivity index (χ2n) is 7.38. The van der Waals surface area contributed by atoms with Crippen LogP contribution in [0.25, 0.3) is 11.0 Å². The zero-order valence-electron chi connectivity index (χ0n) is 17.3. The highest BCUT2D eigenvalue weighted by molar-refractivity contribution is 5.91. The fraction of sp³-hybridized carbons (Fsp3) is 0.130. The van der Waals surface area contributed by atoms with Crippen LogP contribution in [-0.2, 0) is 24.1 Å². The van der Waals surface area contributed by atoms with E-state index in [-0.39, 0.29) is 23.3 Å². The Labute approximate surface area is 188 Å². The maximum Gasteiger partial charge on any atom is 0.416 e. The Kier molecular flexibility index (Phi) is 6.01. The van der Waals surface area contributed by atoms with E-state index in [0.29, 0.717) is 5.56 Å². The molecule has 0 radical (unpaired) electrons. The third kappa shape index (κ3) is 4.72. The highest BCUT2D eigenvalue weighted by Crippen LogP contribution is 2.29. The quantitative estimate of drug-likeness (QED) is 0.451. The predicted octanol–water partition coefficient (Wildman–Crippen LogP) is 3.40. The minimum Gasteiger partial charge on any atom is -0.325 e. The maximum atomic E-state index is 13.2. The Hall–Kier alpha value is -4.28. The van der Waals surface area contributed by atoms with E-state index < -0.39 is 41.3 Å². The summed E-state index contributed by atoms with van der Waals surface area (Å²) in [7, 11) is 0. The van der Waals surface area contributed by atoms with Crippen molar-refractivity contribution >= 4 is 22.6 Å². The molecule has 34 heavy (non-hydrogen) atoms. The number of alkyl halides is 3. The zero-order valence-corrected chi connectivity index (χ0v) is 17.3. The van der Waals surface area contributed by atoms with Crippen LogP contribution in [0.5, 0.6) is 0 Å². The van der Waals surface area contributed by atoms with Crippen molar-refractivity contribution in [2.24, 2.45) is 0 Å². The number of benzene rings is 2. The second kappa shape index (κ2) is 8.93. The smallest absolute Gasteiger partial charge is 0.325 e. The van der Waals surface area contributed by atoms with Gasteiger partial charge in [0, 0.05) is 11.9 Å². The van der Waals surface area contributed by atoms with Gasteiger partial charge in [-0.1, -0.05) is 12.1 Å². The molecule has 0 spiro atoms. The first-order valence-corrected chi connectivity index (χ1v) is 9.93. The monoisotopic (exact) mass is 472 g/mol. The number of halogens is 4. The number of fused-ring (bicyclic) bond motifs is 1. The van der Waals surface area contributed by atoms with E-state index in [9.17, 15) is 31.9 Å². The molecule has 0 atom stereocenters. The third-order valence-electron chi connectivity index (χ3n) is 5.04. The number of carbonyl (C=O) groups excluding carboxylic acids is 1. The van der Waals surface area contributed by atoms with Gasteiger partial charge in [0.1, 0.15) is 12.4 Å². The average Bonchev–Trinajstić information content (AvgIpc) is 2.80. The van der Waals surface area contributed by atoms with Crippen molar-refractivity contribution in [1.82, 2.24) is 14.1 Å². The van der Waals surface area contributed by atoms with Crippen LogP contribution in [0.1, 0.15) is 11.1 Å². The van der Waals surface area contributed by atoms with Gasteiger partial charge in [-0.05, 0) is 54.1 Å². The summed E-state index contributed by atoms with van der Waals surface area (Å²) in [6.45, 7) is -0.698. The third-order valence-corrected chi connectivity index (χ3v) is 5.04. The van der Waals surface area contributed by atoms with Crippen LogP contribution >= 0.6 is 0 Å². The first kappa shape index (κ1) is 22.9. The zero-order chi connectivity index (χ0) is 24.5. The number of pyridine rings is 1. The van der Waals surface area contributed by atoms with Gasteiger partial charge in [-0.25, -0.2) is 14.2 Å². The van der Waals surface area contributed by atoms with Crippen LogP contribution in [0.2, 0.25) is 0 Å². The standard InChI is InChI=1S/C23H16F4N4O3/c24-16-7-3-14(4-8-16)12-31-21(33)20-18(2-1-11-28-20)30(22(31)34)13-19(32)29-17-9-5-15(6-10-17)23(25,26)27/h1-11H,12-13H2,(H,29,32). The van der Waals surface area contributed by atoms with Crippen LogP contribution in [0, 0.1) is 5.82 Å². The molecule has 7 nitrogen and oxygen atoms in total. The van der Waals surface area contributed by atoms with Crippen molar-refractivity contribution < 1.29 is 22.4 Å². The second-order valence-corrected chi connectivity index (χ2v) is 7.38. The number of hydrogen-bond donors (Lipinski definition) is 1. The Balaban J connectivity index is 1.67. The largest absolute Gasteiger partial charge is 0.416 e. The number of carbonyl (C=O) groups is 1. The highest BCUT2D eigenvalue weighted by Gasteiger charge is 2.30. The molecular formula is C23H16F4N4O3. The van der Waals surface area contributed by atoms with Gasteiger partial charge < -0.3 is 5.32 Å². The summed E-state index contributed by atoms with van der Waals surface area (Å²) in [6, 6.07) is 12.0. The molecule has 1 N–H and O–H groups in total. The van der Waals surface area contributed by atoms with Gasteiger partial charge in [-0.3, -0.25) is 18.7 Å². The summed E-state index contributed by atoms with van der Waals surface area (Å²) in [4.78, 5) is 42.7. The summed E-state index contributed by atoms with van der Waals surface area (Å²) < 4.78 is 53.3. The normalized spacial score (nSPS) is 11.5. The van der Waals surface area contributed by atoms with E-state index in [2.05, 4.69) is 10.3 Å². The van der Waals surface area contributed by atoms with Crippen molar-refractivity contribution in [2.45, 2.75) is 19.3 Å². The van der Waals surface area contributed by atoms with Crippen molar-refractivity contribution in [2.75, 3.05) is 5.32 Å². The van der Waals surface area contributed by atoms with Gasteiger partial charge in [0.25, 0.3) is 5.56 Å². The van der Waals surface area contributed by atoms with Crippen LogP contribution in [0.4, 0.5) is 23.2 Å². The number of anilines is 1. The van der Waals surface area contributed by atoms with Gasteiger partial charge in [-0.15, -0.1) is 0 Å². The van der Waals surface area contributed by atoms with Crippen molar-refractivity contribution in [3.8, 4) is 0 Å². The minimum absolute atomic E-state index is 0.0495. The molecule has 11 heteroatoms. The van der Waals surface area contributed by atoms with E-state index in [1.54, 1.807) is 0 Å². The highest BCUT2D eigenvalue weighted by atomic mass is 19.4. The molecule has 0 aliphatic heterocycles. The lowest BCUT2D eigenvalue weighted by Gasteiger charge is -2.14. The first-order chi connectivity index (χ1) is 16.1. The fourth-order valence-electron chi connectivity index (χ4n) is 3.39. The molecule has 0 fully saturated rings. The number of amides is 1. The lowest BCUT2D eigenvalue weighted by Crippen LogP contribution is -2.42. The number of rotatable bonds is 5. The summed E-state index contributed by atoms with van der Waals surface area (Å²) in [5, 5.41) is 2.44. The summed E-state index contributed by atoms with van der Waals surface area (Å²) >= 11 is 0. The number of aromatic nitrogens is 3. The van der Waals surface area contributed by atoms with E-state index in [0.717, 1.165) is 33.4 Å². The molecule has 2 heterocycles. The molecule has 2 aromatic carbocycles. The molecule has 1 amide bonds. The lowest BCUT2D eigenvalue weighted by atomic mass is 10.2. The topological polar surface area (TPSA) is 86.0 Å². The molecule has 2 aromatic heterocycles. The van der Waals surface area contributed by atoms with Crippen LogP contribution in [0.15, 0.2) is 76.4 Å². The van der Waals surface area contributed by atoms with Gasteiger partial charge in [-0.2, -0.15) is 13.2 Å². The van der Waals surface area contributed by atoms with E-state index in [1.807, 2.05) is 0 Å².